The first-order valence-electron chi connectivity index (χ1n) is 14.1. The number of carboxylic acid groups (broad SMARTS) is 1. The fourth-order valence-corrected chi connectivity index (χ4v) is 5.50. The molecule has 0 spiro atoms. The highest BCUT2D eigenvalue weighted by Gasteiger charge is 2.31. The topological polar surface area (TPSA) is 114 Å². The van der Waals surface area contributed by atoms with E-state index in [4.69, 9.17) is 13.9 Å². The number of halogens is 2. The maximum absolute atomic E-state index is 15.2. The largest absolute Gasteiger partial charge is 0.481 e. The Morgan fingerprint density at radius 1 is 1.15 bits per heavy atom. The van der Waals surface area contributed by atoms with Crippen molar-refractivity contribution >= 4 is 34.6 Å². The number of Topliss-reactive ketones (excluding diaryl/α,β-unsaturated/α-hetero) is 1. The van der Waals surface area contributed by atoms with Gasteiger partial charge in [0, 0.05) is 25.2 Å². The summed E-state index contributed by atoms with van der Waals surface area (Å²) in [4.78, 5) is 30.4. The van der Waals surface area contributed by atoms with Gasteiger partial charge in [0.25, 0.3) is 6.01 Å². The molecule has 0 radical (unpaired) electrons. The lowest BCUT2D eigenvalue weighted by Gasteiger charge is -2.34. The minimum Gasteiger partial charge on any atom is -0.481 e. The number of anilines is 2. The van der Waals surface area contributed by atoms with Crippen LogP contribution in [0.1, 0.15) is 49.7 Å². The van der Waals surface area contributed by atoms with Gasteiger partial charge < -0.3 is 24.3 Å². The number of carbonyl (C=O) groups excluding carboxylic acids is 1. The van der Waals surface area contributed by atoms with Crippen molar-refractivity contribution < 1.29 is 37.4 Å². The zero-order valence-electron chi connectivity index (χ0n) is 23.0. The first-order valence-corrected chi connectivity index (χ1v) is 14.1. The van der Waals surface area contributed by atoms with Crippen molar-refractivity contribution in [2.24, 2.45) is 5.92 Å². The smallest absolute Gasteiger partial charge is 0.306 e. The van der Waals surface area contributed by atoms with Crippen LogP contribution in [0.5, 0.6) is 0 Å². The van der Waals surface area contributed by atoms with Gasteiger partial charge in [-0.15, -0.1) is 0 Å². The van der Waals surface area contributed by atoms with Crippen LogP contribution in [0.2, 0.25) is 0 Å². The second-order valence-corrected chi connectivity index (χ2v) is 10.9. The fourth-order valence-electron chi connectivity index (χ4n) is 5.50. The predicted molar refractivity (Wildman–Crippen MR) is 147 cm³/mol. The van der Waals surface area contributed by atoms with Gasteiger partial charge in [-0.3, -0.25) is 14.5 Å². The number of hydrogen-bond acceptors (Lipinski definition) is 8. The summed E-state index contributed by atoms with van der Waals surface area (Å²) < 4.78 is 46.5. The van der Waals surface area contributed by atoms with Gasteiger partial charge in [0.15, 0.2) is 17.2 Å². The SMILES string of the molecule is Cc1ccc(F)cc1Nc1nc2ccc(CC(=O)COCC(O[C@H]3CC[C@H](C(=O)O)CC3)N3CCCC3)c(F)c2o1. The van der Waals surface area contributed by atoms with Gasteiger partial charge >= 0.3 is 5.97 Å². The molecule has 2 heterocycles. The first kappa shape index (κ1) is 29.1. The number of aryl methyl sites for hydroxylation is 1. The van der Waals surface area contributed by atoms with Gasteiger partial charge in [-0.2, -0.15) is 4.98 Å². The van der Waals surface area contributed by atoms with Crippen molar-refractivity contribution in [3.63, 3.8) is 0 Å². The molecule has 2 fully saturated rings. The van der Waals surface area contributed by atoms with Crippen molar-refractivity contribution in [1.82, 2.24) is 9.88 Å². The third-order valence-corrected chi connectivity index (χ3v) is 7.85. The van der Waals surface area contributed by atoms with Crippen LogP contribution in [0, 0.1) is 24.5 Å². The van der Waals surface area contributed by atoms with E-state index < -0.39 is 17.6 Å². The Hall–Kier alpha value is -3.41. The molecule has 1 atom stereocenters. The van der Waals surface area contributed by atoms with E-state index in [-0.39, 0.29) is 66.3 Å². The van der Waals surface area contributed by atoms with Crippen LogP contribution in [0.4, 0.5) is 20.5 Å². The van der Waals surface area contributed by atoms with E-state index in [1.54, 1.807) is 19.1 Å². The molecule has 2 aromatic carbocycles. The Labute approximate surface area is 236 Å². The number of rotatable bonds is 12. The van der Waals surface area contributed by atoms with Gasteiger partial charge in [0.2, 0.25) is 0 Å². The Balaban J connectivity index is 1.16. The number of fused-ring (bicyclic) bond motifs is 1. The number of benzene rings is 2. The molecular formula is C30H35F2N3O6. The molecule has 220 valence electrons. The summed E-state index contributed by atoms with van der Waals surface area (Å²) in [5.41, 5.74) is 1.57. The Kier molecular flexibility index (Phi) is 9.26. The second-order valence-electron chi connectivity index (χ2n) is 10.9. The van der Waals surface area contributed by atoms with Crippen LogP contribution in [-0.4, -0.2) is 65.4 Å². The van der Waals surface area contributed by atoms with E-state index in [0.717, 1.165) is 31.5 Å². The zero-order chi connectivity index (χ0) is 28.9. The molecule has 1 aliphatic carbocycles. The van der Waals surface area contributed by atoms with Crippen LogP contribution >= 0.6 is 0 Å². The Morgan fingerprint density at radius 3 is 2.63 bits per heavy atom. The molecule has 5 rings (SSSR count). The van der Waals surface area contributed by atoms with Crippen LogP contribution in [0.15, 0.2) is 34.7 Å². The molecule has 1 saturated heterocycles. The molecule has 0 bridgehead atoms. The first-order chi connectivity index (χ1) is 19.8. The summed E-state index contributed by atoms with van der Waals surface area (Å²) in [6, 6.07) is 7.34. The second kappa shape index (κ2) is 13.1. The molecule has 2 N–H and O–H groups in total. The predicted octanol–water partition coefficient (Wildman–Crippen LogP) is 5.37. The molecule has 1 aliphatic heterocycles. The quantitative estimate of drug-likeness (QED) is 0.296. The number of ether oxygens (including phenoxy) is 2. The number of nitrogens with one attached hydrogen (secondary N) is 1. The zero-order valence-corrected chi connectivity index (χ0v) is 23.0. The molecule has 11 heteroatoms. The minimum absolute atomic E-state index is 0.0174. The van der Waals surface area contributed by atoms with E-state index in [1.807, 2.05) is 0 Å². The van der Waals surface area contributed by atoms with Crippen LogP contribution < -0.4 is 5.32 Å². The highest BCUT2D eigenvalue weighted by Crippen LogP contribution is 2.29. The number of carboxylic acids is 1. The van der Waals surface area contributed by atoms with Crippen LogP contribution in [0.3, 0.4) is 0 Å². The molecule has 1 unspecified atom stereocenters. The van der Waals surface area contributed by atoms with E-state index in [0.29, 0.717) is 31.4 Å². The number of ketones is 1. The molecular weight excluding hydrogens is 536 g/mol. The van der Waals surface area contributed by atoms with Crippen molar-refractivity contribution in [2.75, 3.05) is 31.6 Å². The summed E-state index contributed by atoms with van der Waals surface area (Å²) in [7, 11) is 0. The maximum atomic E-state index is 15.2. The highest BCUT2D eigenvalue weighted by atomic mass is 19.1. The van der Waals surface area contributed by atoms with Crippen molar-refractivity contribution in [2.45, 2.75) is 64.2 Å². The molecule has 3 aromatic rings. The summed E-state index contributed by atoms with van der Waals surface area (Å²) in [5.74, 6) is -2.46. The number of aromatic nitrogens is 1. The maximum Gasteiger partial charge on any atom is 0.306 e. The van der Waals surface area contributed by atoms with E-state index in [2.05, 4.69) is 15.2 Å². The number of carbonyl (C=O) groups is 2. The number of aliphatic carboxylic acids is 1. The molecule has 41 heavy (non-hydrogen) atoms. The molecule has 1 aromatic heterocycles. The lowest BCUT2D eigenvalue weighted by Crippen LogP contribution is -2.42. The van der Waals surface area contributed by atoms with Crippen LogP contribution in [0.25, 0.3) is 11.1 Å². The monoisotopic (exact) mass is 571 g/mol. The van der Waals surface area contributed by atoms with E-state index >= 15 is 4.39 Å². The molecule has 1 saturated carbocycles. The molecule has 9 nitrogen and oxygen atoms in total. The fraction of sp³-hybridized carbons (Fsp3) is 0.500. The lowest BCUT2D eigenvalue weighted by molar-refractivity contribution is -0.151. The van der Waals surface area contributed by atoms with Gasteiger partial charge in [-0.25, -0.2) is 8.78 Å². The standard InChI is InChI=1S/C30H35F2N3O6/c1-18-4-8-21(31)15-25(18)34-30-33-24-11-7-20(27(32)28(24)41-30)14-22(36)16-39-17-26(35-12-2-3-13-35)40-23-9-5-19(6-10-23)29(37)38/h4,7-8,11,15,19,23,26H,2-3,5-6,9-10,12-14,16-17H2,1H3,(H,33,34)(H,37,38)/t19-,23-,26?. The summed E-state index contributed by atoms with van der Waals surface area (Å²) >= 11 is 0. The summed E-state index contributed by atoms with van der Waals surface area (Å²) in [6.45, 7) is 3.55. The van der Waals surface area contributed by atoms with Gasteiger partial charge in [-0.1, -0.05) is 12.1 Å². The van der Waals surface area contributed by atoms with Crippen molar-refractivity contribution in [1.29, 1.82) is 0 Å². The average Bonchev–Trinajstić information content (AvgIpc) is 3.63. The third kappa shape index (κ3) is 7.27. The summed E-state index contributed by atoms with van der Waals surface area (Å²) in [6.07, 6.45) is 4.15. The van der Waals surface area contributed by atoms with E-state index in [1.165, 1.54) is 18.2 Å². The molecule has 0 amide bonds. The average molecular weight is 572 g/mol. The number of nitrogens with zero attached hydrogens (tertiary/aromatic N) is 2. The number of likely N-dealkylation sites (tertiary alicyclic amines) is 1. The van der Waals surface area contributed by atoms with Crippen LogP contribution in [-0.2, 0) is 25.5 Å². The van der Waals surface area contributed by atoms with Gasteiger partial charge in [0.1, 0.15) is 24.2 Å². The number of hydrogen-bond donors (Lipinski definition) is 2. The van der Waals surface area contributed by atoms with E-state index in [9.17, 15) is 19.1 Å². The van der Waals surface area contributed by atoms with Crippen molar-refractivity contribution in [3.05, 3.63) is 53.1 Å². The Bertz CT molecular complexity index is 1380. The number of oxazole rings is 1. The van der Waals surface area contributed by atoms with Crippen molar-refractivity contribution in [3.8, 4) is 0 Å². The highest BCUT2D eigenvalue weighted by molar-refractivity contribution is 5.84. The molecule has 2 aliphatic rings. The van der Waals surface area contributed by atoms with Gasteiger partial charge in [0.05, 0.1) is 18.6 Å². The third-order valence-electron chi connectivity index (χ3n) is 7.85. The summed E-state index contributed by atoms with van der Waals surface area (Å²) in [5, 5.41) is 12.1. The van der Waals surface area contributed by atoms with Gasteiger partial charge in [-0.05, 0) is 74.8 Å². The minimum atomic E-state index is -0.753. The lowest BCUT2D eigenvalue weighted by atomic mass is 9.87. The normalized spacial score (nSPS) is 20.4. The Morgan fingerprint density at radius 2 is 1.90 bits per heavy atom.